The molecule has 0 spiro atoms. The maximum absolute atomic E-state index is 10.3. The van der Waals surface area contributed by atoms with Gasteiger partial charge in [-0.05, 0) is 12.1 Å². The molecular formula is C12H12N2O3. The summed E-state index contributed by atoms with van der Waals surface area (Å²) in [4.78, 5) is 10.3. The van der Waals surface area contributed by atoms with Gasteiger partial charge in [-0.2, -0.15) is 5.10 Å². The normalized spacial score (nSPS) is 9.94. The molecule has 5 heteroatoms. The van der Waals surface area contributed by atoms with Crippen molar-refractivity contribution < 1.29 is 14.3 Å². The fourth-order valence-electron chi connectivity index (χ4n) is 1.37. The van der Waals surface area contributed by atoms with Crippen molar-refractivity contribution >= 4 is 6.29 Å². The van der Waals surface area contributed by atoms with Gasteiger partial charge in [-0.25, -0.2) is 0 Å². The Hall–Kier alpha value is -2.30. The number of benzene rings is 1. The van der Waals surface area contributed by atoms with E-state index in [1.807, 2.05) is 18.2 Å². The van der Waals surface area contributed by atoms with Crippen LogP contribution in [0.2, 0.25) is 0 Å². The largest absolute Gasteiger partial charge is 0.497 e. The van der Waals surface area contributed by atoms with Crippen LogP contribution in [0, 0.1) is 0 Å². The molecule has 0 radical (unpaired) electrons. The SMILES string of the molecule is COc1cccc(Oc2cnn(CC=O)c2)c1. The average Bonchev–Trinajstić information content (AvgIpc) is 2.77. The first-order chi connectivity index (χ1) is 8.31. The summed E-state index contributed by atoms with van der Waals surface area (Å²) in [5.41, 5.74) is 0. The molecular weight excluding hydrogens is 220 g/mol. The standard InChI is InChI=1S/C12H12N2O3/c1-16-10-3-2-4-11(7-10)17-12-8-13-14(9-12)5-6-15/h2-4,6-9H,5H2,1H3. The first kappa shape index (κ1) is 11.2. The molecule has 1 aromatic carbocycles. The summed E-state index contributed by atoms with van der Waals surface area (Å²) in [7, 11) is 1.60. The van der Waals surface area contributed by atoms with E-state index in [2.05, 4.69) is 5.10 Å². The van der Waals surface area contributed by atoms with Crippen LogP contribution in [0.3, 0.4) is 0 Å². The Morgan fingerprint density at radius 3 is 2.94 bits per heavy atom. The number of carbonyl (C=O) groups is 1. The van der Waals surface area contributed by atoms with Crippen molar-refractivity contribution in [2.24, 2.45) is 0 Å². The minimum Gasteiger partial charge on any atom is -0.497 e. The van der Waals surface area contributed by atoms with Gasteiger partial charge in [-0.15, -0.1) is 0 Å². The fraction of sp³-hybridized carbons (Fsp3) is 0.167. The maximum Gasteiger partial charge on any atom is 0.165 e. The molecule has 1 aromatic heterocycles. The minimum atomic E-state index is 0.224. The zero-order valence-electron chi connectivity index (χ0n) is 9.37. The molecule has 0 saturated carbocycles. The van der Waals surface area contributed by atoms with Crippen molar-refractivity contribution in [2.75, 3.05) is 7.11 Å². The Labute approximate surface area is 98.6 Å². The summed E-state index contributed by atoms with van der Waals surface area (Å²) in [5, 5.41) is 3.97. The lowest BCUT2D eigenvalue weighted by molar-refractivity contribution is -0.108. The van der Waals surface area contributed by atoms with Crippen LogP contribution >= 0.6 is 0 Å². The van der Waals surface area contributed by atoms with Crippen LogP contribution in [0.15, 0.2) is 36.7 Å². The van der Waals surface area contributed by atoms with Crippen LogP contribution in [-0.2, 0) is 11.3 Å². The van der Waals surface area contributed by atoms with Gasteiger partial charge in [-0.3, -0.25) is 4.68 Å². The Balaban J connectivity index is 2.10. The zero-order chi connectivity index (χ0) is 12.1. The molecule has 2 aromatic rings. The zero-order valence-corrected chi connectivity index (χ0v) is 9.37. The number of aromatic nitrogens is 2. The second kappa shape index (κ2) is 5.16. The second-order valence-corrected chi connectivity index (χ2v) is 3.35. The second-order valence-electron chi connectivity index (χ2n) is 3.35. The third-order valence-corrected chi connectivity index (χ3v) is 2.15. The van der Waals surface area contributed by atoms with Gasteiger partial charge in [-0.1, -0.05) is 6.07 Å². The summed E-state index contributed by atoms with van der Waals surface area (Å²) < 4.78 is 12.2. The molecule has 0 aliphatic carbocycles. The van der Waals surface area contributed by atoms with Crippen LogP contribution in [0.25, 0.3) is 0 Å². The van der Waals surface area contributed by atoms with Gasteiger partial charge in [0.15, 0.2) is 5.75 Å². The maximum atomic E-state index is 10.3. The summed E-state index contributed by atoms with van der Waals surface area (Å²) in [6.07, 6.45) is 4.00. The summed E-state index contributed by atoms with van der Waals surface area (Å²) in [5.74, 6) is 1.97. The lowest BCUT2D eigenvalue weighted by atomic mass is 10.3. The molecule has 0 bridgehead atoms. The summed E-state index contributed by atoms with van der Waals surface area (Å²) >= 11 is 0. The number of methoxy groups -OCH3 is 1. The third-order valence-electron chi connectivity index (χ3n) is 2.15. The quantitative estimate of drug-likeness (QED) is 0.738. The molecule has 0 aliphatic rings. The van der Waals surface area contributed by atoms with Gasteiger partial charge in [0.05, 0.1) is 26.0 Å². The van der Waals surface area contributed by atoms with E-state index in [9.17, 15) is 4.79 Å². The topological polar surface area (TPSA) is 53.4 Å². The molecule has 5 nitrogen and oxygen atoms in total. The molecule has 0 atom stereocenters. The fourth-order valence-corrected chi connectivity index (χ4v) is 1.37. The Kier molecular flexibility index (Phi) is 3.40. The van der Waals surface area contributed by atoms with Gasteiger partial charge in [0.25, 0.3) is 0 Å². The molecule has 0 aliphatic heterocycles. The van der Waals surface area contributed by atoms with Crippen molar-refractivity contribution in [3.05, 3.63) is 36.7 Å². The minimum absolute atomic E-state index is 0.224. The van der Waals surface area contributed by atoms with Crippen molar-refractivity contribution in [2.45, 2.75) is 6.54 Å². The lowest BCUT2D eigenvalue weighted by Gasteiger charge is -2.04. The average molecular weight is 232 g/mol. The highest BCUT2D eigenvalue weighted by Crippen LogP contribution is 2.24. The van der Waals surface area contributed by atoms with Gasteiger partial charge in [0.1, 0.15) is 17.8 Å². The van der Waals surface area contributed by atoms with Crippen LogP contribution in [0.1, 0.15) is 0 Å². The molecule has 2 rings (SSSR count). The van der Waals surface area contributed by atoms with Crippen molar-refractivity contribution in [1.29, 1.82) is 0 Å². The number of hydrogen-bond donors (Lipinski definition) is 0. The summed E-state index contributed by atoms with van der Waals surface area (Å²) in [6.45, 7) is 0.224. The smallest absolute Gasteiger partial charge is 0.165 e. The van der Waals surface area contributed by atoms with E-state index in [0.29, 0.717) is 11.5 Å². The van der Waals surface area contributed by atoms with E-state index in [1.54, 1.807) is 25.6 Å². The van der Waals surface area contributed by atoms with Gasteiger partial charge in [0.2, 0.25) is 0 Å². The third kappa shape index (κ3) is 2.84. The van der Waals surface area contributed by atoms with Crippen molar-refractivity contribution in [3.8, 4) is 17.2 Å². The van der Waals surface area contributed by atoms with Crippen LogP contribution in [0.5, 0.6) is 17.2 Å². The summed E-state index contributed by atoms with van der Waals surface area (Å²) in [6, 6.07) is 7.27. The van der Waals surface area contributed by atoms with Gasteiger partial charge < -0.3 is 14.3 Å². The number of nitrogens with zero attached hydrogens (tertiary/aromatic N) is 2. The number of carbonyl (C=O) groups excluding carboxylic acids is 1. The Morgan fingerprint density at radius 2 is 2.18 bits per heavy atom. The van der Waals surface area contributed by atoms with E-state index >= 15 is 0 Å². The van der Waals surface area contributed by atoms with Crippen molar-refractivity contribution in [3.63, 3.8) is 0 Å². The van der Waals surface area contributed by atoms with Crippen LogP contribution in [0.4, 0.5) is 0 Å². The van der Waals surface area contributed by atoms with Gasteiger partial charge in [0, 0.05) is 6.07 Å². The Morgan fingerprint density at radius 1 is 1.35 bits per heavy atom. The monoisotopic (exact) mass is 232 g/mol. The molecule has 0 unspecified atom stereocenters. The molecule has 0 N–H and O–H groups in total. The van der Waals surface area contributed by atoms with E-state index in [-0.39, 0.29) is 6.54 Å². The van der Waals surface area contributed by atoms with E-state index in [4.69, 9.17) is 9.47 Å². The number of aldehydes is 1. The molecule has 0 fully saturated rings. The number of hydrogen-bond acceptors (Lipinski definition) is 4. The Bertz CT molecular complexity index is 508. The highest BCUT2D eigenvalue weighted by atomic mass is 16.5. The molecule has 88 valence electrons. The molecule has 1 heterocycles. The highest BCUT2D eigenvalue weighted by Gasteiger charge is 2.02. The van der Waals surface area contributed by atoms with E-state index in [1.165, 1.54) is 4.68 Å². The van der Waals surface area contributed by atoms with Gasteiger partial charge >= 0.3 is 0 Å². The number of ether oxygens (including phenoxy) is 2. The molecule has 0 amide bonds. The lowest BCUT2D eigenvalue weighted by Crippen LogP contribution is -1.97. The van der Waals surface area contributed by atoms with E-state index < -0.39 is 0 Å². The van der Waals surface area contributed by atoms with Crippen LogP contribution < -0.4 is 9.47 Å². The first-order valence-corrected chi connectivity index (χ1v) is 5.10. The highest BCUT2D eigenvalue weighted by molar-refractivity contribution is 5.49. The predicted octanol–water partition coefficient (Wildman–Crippen LogP) is 1.88. The first-order valence-electron chi connectivity index (χ1n) is 5.10. The molecule has 0 saturated heterocycles. The molecule has 17 heavy (non-hydrogen) atoms. The van der Waals surface area contributed by atoms with Crippen LogP contribution in [-0.4, -0.2) is 23.2 Å². The predicted molar refractivity (Wildman–Crippen MR) is 61.4 cm³/mol. The van der Waals surface area contributed by atoms with Crippen molar-refractivity contribution in [1.82, 2.24) is 9.78 Å². The number of rotatable bonds is 5. The van der Waals surface area contributed by atoms with E-state index in [0.717, 1.165) is 12.0 Å².